The van der Waals surface area contributed by atoms with Crippen molar-refractivity contribution in [1.82, 2.24) is 10.1 Å². The molecule has 0 fully saturated rings. The molecule has 2 heterocycles. The molecule has 0 bridgehead atoms. The van der Waals surface area contributed by atoms with Gasteiger partial charge in [0, 0.05) is 0 Å². The van der Waals surface area contributed by atoms with E-state index in [4.69, 9.17) is 19.7 Å². The average molecular weight is 289 g/mol. The van der Waals surface area contributed by atoms with Gasteiger partial charge in [0.25, 0.3) is 0 Å². The minimum absolute atomic E-state index is 0.247. The fourth-order valence-corrected chi connectivity index (χ4v) is 2.28. The highest BCUT2D eigenvalue weighted by Crippen LogP contribution is 2.35. The first-order valence-corrected chi connectivity index (χ1v) is 7.11. The summed E-state index contributed by atoms with van der Waals surface area (Å²) in [5.41, 5.74) is 6.05. The first-order valence-electron chi connectivity index (χ1n) is 7.11. The van der Waals surface area contributed by atoms with Crippen LogP contribution in [-0.4, -0.2) is 16.7 Å². The van der Waals surface area contributed by atoms with Gasteiger partial charge >= 0.3 is 0 Å². The molecular formula is C15H19N3O3. The van der Waals surface area contributed by atoms with Crippen LogP contribution in [0.15, 0.2) is 28.8 Å². The predicted molar refractivity (Wildman–Crippen MR) is 76.0 cm³/mol. The van der Waals surface area contributed by atoms with Crippen LogP contribution in [0.25, 0.3) is 0 Å². The minimum atomic E-state index is -0.372. The van der Waals surface area contributed by atoms with Crippen LogP contribution in [-0.2, 0) is 0 Å². The second kappa shape index (κ2) is 5.73. The van der Waals surface area contributed by atoms with Crippen LogP contribution in [0.3, 0.4) is 0 Å². The molecule has 1 aromatic heterocycles. The fraction of sp³-hybridized carbons (Fsp3) is 0.467. The molecule has 0 saturated carbocycles. The van der Waals surface area contributed by atoms with E-state index in [0.29, 0.717) is 30.0 Å². The Balaban J connectivity index is 1.73. The third-order valence-corrected chi connectivity index (χ3v) is 3.30. The number of hydrogen-bond donors (Lipinski definition) is 1. The van der Waals surface area contributed by atoms with Crippen molar-refractivity contribution in [2.75, 3.05) is 6.61 Å². The highest BCUT2D eigenvalue weighted by molar-refractivity contribution is 5.40. The molecule has 1 aliphatic rings. The van der Waals surface area contributed by atoms with Crippen LogP contribution in [0.5, 0.6) is 11.5 Å². The number of aromatic nitrogens is 2. The van der Waals surface area contributed by atoms with Gasteiger partial charge < -0.3 is 19.7 Å². The maximum Gasteiger partial charge on any atom is 0.243 e. The number of ether oxygens (including phenoxy) is 2. The van der Waals surface area contributed by atoms with Gasteiger partial charge in [0.05, 0.1) is 6.04 Å². The van der Waals surface area contributed by atoms with Crippen molar-refractivity contribution in [2.24, 2.45) is 11.7 Å². The summed E-state index contributed by atoms with van der Waals surface area (Å²) in [5.74, 6) is 2.80. The van der Waals surface area contributed by atoms with Crippen LogP contribution >= 0.6 is 0 Å². The summed E-state index contributed by atoms with van der Waals surface area (Å²) in [4.78, 5) is 4.35. The van der Waals surface area contributed by atoms with Gasteiger partial charge in [-0.1, -0.05) is 31.1 Å². The third-order valence-electron chi connectivity index (χ3n) is 3.30. The number of benzene rings is 1. The van der Waals surface area contributed by atoms with Crippen molar-refractivity contribution >= 4 is 0 Å². The van der Waals surface area contributed by atoms with Crippen molar-refractivity contribution in [2.45, 2.75) is 32.4 Å². The molecule has 0 spiro atoms. The lowest BCUT2D eigenvalue weighted by Gasteiger charge is -2.24. The van der Waals surface area contributed by atoms with Crippen molar-refractivity contribution < 1.29 is 14.0 Å². The van der Waals surface area contributed by atoms with Gasteiger partial charge in [-0.3, -0.25) is 0 Å². The monoisotopic (exact) mass is 289 g/mol. The van der Waals surface area contributed by atoms with Crippen LogP contribution in [0.4, 0.5) is 0 Å². The topological polar surface area (TPSA) is 83.4 Å². The zero-order valence-electron chi connectivity index (χ0n) is 12.2. The van der Waals surface area contributed by atoms with Crippen LogP contribution in [0.2, 0.25) is 0 Å². The molecule has 3 rings (SSSR count). The van der Waals surface area contributed by atoms with E-state index in [-0.39, 0.29) is 12.1 Å². The summed E-state index contributed by atoms with van der Waals surface area (Å²) < 4.78 is 16.7. The van der Waals surface area contributed by atoms with Gasteiger partial charge in [0.2, 0.25) is 11.7 Å². The van der Waals surface area contributed by atoms with Crippen molar-refractivity contribution in [3.8, 4) is 11.5 Å². The number of fused-ring (bicyclic) bond motifs is 1. The molecule has 1 unspecified atom stereocenters. The lowest BCUT2D eigenvalue weighted by Crippen LogP contribution is -2.22. The minimum Gasteiger partial charge on any atom is -0.485 e. The third kappa shape index (κ3) is 3.00. The van der Waals surface area contributed by atoms with E-state index in [2.05, 4.69) is 24.0 Å². The summed E-state index contributed by atoms with van der Waals surface area (Å²) in [5, 5.41) is 3.97. The molecule has 0 aliphatic carbocycles. The van der Waals surface area contributed by atoms with Gasteiger partial charge in [-0.05, 0) is 24.5 Å². The van der Waals surface area contributed by atoms with E-state index in [0.717, 1.165) is 12.2 Å². The van der Waals surface area contributed by atoms with Gasteiger partial charge in [0.15, 0.2) is 17.6 Å². The Labute approximate surface area is 123 Å². The Kier molecular flexibility index (Phi) is 3.79. The van der Waals surface area contributed by atoms with Crippen molar-refractivity contribution in [3.05, 3.63) is 36.0 Å². The van der Waals surface area contributed by atoms with Crippen LogP contribution < -0.4 is 15.2 Å². The number of hydrogen-bond acceptors (Lipinski definition) is 6. The summed E-state index contributed by atoms with van der Waals surface area (Å²) in [7, 11) is 0. The zero-order valence-corrected chi connectivity index (χ0v) is 12.2. The molecule has 0 radical (unpaired) electrons. The molecule has 1 aliphatic heterocycles. The van der Waals surface area contributed by atoms with Gasteiger partial charge in [-0.15, -0.1) is 0 Å². The lowest BCUT2D eigenvalue weighted by molar-refractivity contribution is 0.0832. The summed E-state index contributed by atoms with van der Waals surface area (Å²) >= 11 is 0. The second-order valence-electron chi connectivity index (χ2n) is 5.59. The van der Waals surface area contributed by atoms with E-state index >= 15 is 0 Å². The predicted octanol–water partition coefficient (Wildman–Crippen LogP) is 2.63. The van der Waals surface area contributed by atoms with Crippen LogP contribution in [0, 0.1) is 5.92 Å². The highest BCUT2D eigenvalue weighted by Gasteiger charge is 2.27. The quantitative estimate of drug-likeness (QED) is 0.931. The number of nitrogens with zero attached hydrogens (tertiary/aromatic N) is 2. The number of nitrogens with two attached hydrogens (primary N) is 1. The Bertz CT molecular complexity index is 612. The molecule has 21 heavy (non-hydrogen) atoms. The van der Waals surface area contributed by atoms with Gasteiger partial charge in [-0.25, -0.2) is 0 Å². The molecule has 1 aromatic carbocycles. The number of rotatable bonds is 4. The smallest absolute Gasteiger partial charge is 0.243 e. The average Bonchev–Trinajstić information content (AvgIpc) is 2.96. The largest absolute Gasteiger partial charge is 0.485 e. The van der Waals surface area contributed by atoms with Gasteiger partial charge in [-0.2, -0.15) is 4.98 Å². The molecule has 2 N–H and O–H groups in total. The Morgan fingerprint density at radius 3 is 2.81 bits per heavy atom. The highest BCUT2D eigenvalue weighted by atomic mass is 16.6. The molecule has 6 nitrogen and oxygen atoms in total. The molecule has 0 amide bonds. The molecule has 2 atom stereocenters. The molecular weight excluding hydrogens is 270 g/mol. The zero-order chi connectivity index (χ0) is 14.8. The molecule has 112 valence electrons. The van der Waals surface area contributed by atoms with E-state index in [1.165, 1.54) is 0 Å². The maximum absolute atomic E-state index is 6.05. The van der Waals surface area contributed by atoms with E-state index in [9.17, 15) is 0 Å². The molecule has 6 heteroatoms. The summed E-state index contributed by atoms with van der Waals surface area (Å²) in [6, 6.07) is 7.27. The number of para-hydroxylation sites is 2. The first-order chi connectivity index (χ1) is 10.1. The van der Waals surface area contributed by atoms with Crippen molar-refractivity contribution in [3.63, 3.8) is 0 Å². The first kappa shape index (κ1) is 13.9. The normalized spacial score (nSPS) is 18.8. The van der Waals surface area contributed by atoms with Gasteiger partial charge in [0.1, 0.15) is 6.61 Å². The van der Waals surface area contributed by atoms with Crippen LogP contribution in [0.1, 0.15) is 44.1 Å². The lowest BCUT2D eigenvalue weighted by atomic mass is 10.0. The maximum atomic E-state index is 6.05. The standard InChI is InChI=1S/C15H19N3O3/c1-9(2)7-10(16)15-17-14(18-21-15)13-8-19-11-5-3-4-6-12(11)20-13/h3-6,9-10,13H,7-8,16H2,1-2H3/t10-,13?/m0/s1. The summed E-state index contributed by atoms with van der Waals surface area (Å²) in [6.45, 7) is 4.56. The fourth-order valence-electron chi connectivity index (χ4n) is 2.28. The van der Waals surface area contributed by atoms with E-state index in [1.807, 2.05) is 24.3 Å². The van der Waals surface area contributed by atoms with E-state index in [1.54, 1.807) is 0 Å². The second-order valence-corrected chi connectivity index (χ2v) is 5.59. The summed E-state index contributed by atoms with van der Waals surface area (Å²) in [6.07, 6.45) is 0.426. The van der Waals surface area contributed by atoms with Crippen molar-refractivity contribution in [1.29, 1.82) is 0 Å². The Morgan fingerprint density at radius 1 is 1.29 bits per heavy atom. The molecule has 2 aromatic rings. The Morgan fingerprint density at radius 2 is 2.05 bits per heavy atom. The van der Waals surface area contributed by atoms with E-state index < -0.39 is 0 Å². The Hall–Kier alpha value is -2.08. The molecule has 0 saturated heterocycles. The SMILES string of the molecule is CC(C)C[C@H](N)c1nc(C2COc3ccccc3O2)no1.